The van der Waals surface area contributed by atoms with Gasteiger partial charge in [-0.1, -0.05) is 12.1 Å². The zero-order chi connectivity index (χ0) is 10.4. The molecule has 0 saturated heterocycles. The molecule has 3 heteroatoms. The Bertz CT molecular complexity index is 366. The molecule has 0 amide bonds. The molecular weight excluding hydrogens is 176 g/mol. The van der Waals surface area contributed by atoms with Crippen molar-refractivity contribution in [3.8, 4) is 11.8 Å². The van der Waals surface area contributed by atoms with Gasteiger partial charge in [0.25, 0.3) is 0 Å². The summed E-state index contributed by atoms with van der Waals surface area (Å²) in [5.74, 6) is 0.700. The summed E-state index contributed by atoms with van der Waals surface area (Å²) in [6.07, 6.45) is 0. The van der Waals surface area contributed by atoms with Crippen molar-refractivity contribution in [3.05, 3.63) is 24.3 Å². The van der Waals surface area contributed by atoms with Crippen molar-refractivity contribution < 1.29 is 9.31 Å². The molecule has 72 valence electrons. The van der Waals surface area contributed by atoms with E-state index in [1.807, 2.05) is 41.8 Å². The van der Waals surface area contributed by atoms with E-state index in [0.29, 0.717) is 5.75 Å². The third kappa shape index (κ3) is 2.33. The van der Waals surface area contributed by atoms with Crippen molar-refractivity contribution in [2.24, 2.45) is 0 Å². The summed E-state index contributed by atoms with van der Waals surface area (Å²) in [6.45, 7) is 6.74. The van der Waals surface area contributed by atoms with E-state index < -0.39 is 0 Å². The first-order chi connectivity index (χ1) is 6.79. The first-order valence-electron chi connectivity index (χ1n) is 4.46. The summed E-state index contributed by atoms with van der Waals surface area (Å²) in [7, 11) is 0. The monoisotopic (exact) mass is 189 g/mol. The van der Waals surface area contributed by atoms with Crippen molar-refractivity contribution in [2.75, 3.05) is 13.2 Å². The topological polar surface area (TPSA) is 36.0 Å². The first-order valence-corrected chi connectivity index (χ1v) is 4.46. The Morgan fingerprint density at radius 2 is 2.21 bits per heavy atom. The second-order valence-corrected chi connectivity index (χ2v) is 2.77. The minimum absolute atomic E-state index is 0.0641. The smallest absolute Gasteiger partial charge is 0.247 e. The van der Waals surface area contributed by atoms with Crippen LogP contribution in [0.25, 0.3) is 0 Å². The molecule has 0 saturated carbocycles. The van der Waals surface area contributed by atoms with Crippen LogP contribution in [0.4, 0.5) is 5.69 Å². The molecule has 0 fully saturated rings. The lowest BCUT2D eigenvalue weighted by Gasteiger charge is -2.04. The Morgan fingerprint density at radius 3 is 2.86 bits per heavy atom. The van der Waals surface area contributed by atoms with Gasteiger partial charge in [0.1, 0.15) is 19.3 Å². The minimum Gasteiger partial charge on any atom is -0.472 e. The third-order valence-electron chi connectivity index (χ3n) is 1.88. The van der Waals surface area contributed by atoms with Gasteiger partial charge in [-0.05, 0) is 13.0 Å². The van der Waals surface area contributed by atoms with Crippen molar-refractivity contribution in [3.63, 3.8) is 0 Å². The van der Waals surface area contributed by atoms with Gasteiger partial charge in [0.05, 0.1) is 0 Å². The maximum Gasteiger partial charge on any atom is 0.247 e. The van der Waals surface area contributed by atoms with Crippen LogP contribution in [0.3, 0.4) is 0 Å². The van der Waals surface area contributed by atoms with E-state index in [-0.39, 0.29) is 6.61 Å². The van der Waals surface area contributed by atoms with E-state index in [4.69, 9.17) is 10.00 Å². The summed E-state index contributed by atoms with van der Waals surface area (Å²) in [5, 5.41) is 8.41. The van der Waals surface area contributed by atoms with E-state index in [1.165, 1.54) is 0 Å². The Hall–Kier alpha value is -1.82. The Labute approximate surface area is 83.9 Å². The van der Waals surface area contributed by atoms with E-state index in [0.717, 1.165) is 12.2 Å². The molecule has 0 atom stereocenters. The number of benzene rings is 1. The van der Waals surface area contributed by atoms with E-state index in [1.54, 1.807) is 0 Å². The predicted molar refractivity (Wildman–Crippen MR) is 55.1 cm³/mol. The second kappa shape index (κ2) is 5.03. The molecule has 0 unspecified atom stereocenters. The molecule has 0 aliphatic heterocycles. The fraction of sp³-hybridized carbons (Fsp3) is 0.273. The fourth-order valence-corrected chi connectivity index (χ4v) is 1.12. The summed E-state index contributed by atoms with van der Waals surface area (Å²) in [6, 6.07) is 9.49. The summed E-state index contributed by atoms with van der Waals surface area (Å²) < 4.78 is 7.09. The number of nitrogens with zero attached hydrogens (tertiary/aromatic N) is 2. The van der Waals surface area contributed by atoms with Gasteiger partial charge in [0, 0.05) is 6.07 Å². The average molecular weight is 189 g/mol. The Kier molecular flexibility index (Phi) is 3.69. The van der Waals surface area contributed by atoms with Gasteiger partial charge in [-0.25, -0.2) is 4.58 Å². The number of nitriles is 1. The lowest BCUT2D eigenvalue weighted by Crippen LogP contribution is -2.04. The highest BCUT2D eigenvalue weighted by molar-refractivity contribution is 5.47. The standard InChI is InChI=1S/C11H13N2O/c1-3-13(2)10-6-4-5-7-11(10)14-9-8-12/h4-7H,2-3,9H2,1H3/q+1. The van der Waals surface area contributed by atoms with Crippen molar-refractivity contribution in [2.45, 2.75) is 6.92 Å². The van der Waals surface area contributed by atoms with Crippen LogP contribution >= 0.6 is 0 Å². The molecule has 0 aromatic heterocycles. The fourth-order valence-electron chi connectivity index (χ4n) is 1.12. The highest BCUT2D eigenvalue weighted by Crippen LogP contribution is 2.25. The lowest BCUT2D eigenvalue weighted by atomic mass is 10.3. The van der Waals surface area contributed by atoms with Crippen LogP contribution < -0.4 is 4.74 Å². The van der Waals surface area contributed by atoms with Crippen molar-refractivity contribution >= 4 is 12.4 Å². The van der Waals surface area contributed by atoms with Crippen LogP contribution in [0.5, 0.6) is 5.75 Å². The van der Waals surface area contributed by atoms with Crippen LogP contribution in [0, 0.1) is 11.3 Å². The largest absolute Gasteiger partial charge is 0.472 e. The molecule has 1 aromatic carbocycles. The van der Waals surface area contributed by atoms with Gasteiger partial charge >= 0.3 is 0 Å². The van der Waals surface area contributed by atoms with Crippen LogP contribution in [-0.2, 0) is 0 Å². The normalized spacial score (nSPS) is 9.14. The molecule has 3 nitrogen and oxygen atoms in total. The first kappa shape index (κ1) is 10.3. The molecule has 0 spiro atoms. The van der Waals surface area contributed by atoms with E-state index in [9.17, 15) is 0 Å². The van der Waals surface area contributed by atoms with E-state index >= 15 is 0 Å². The Balaban J connectivity index is 2.92. The van der Waals surface area contributed by atoms with Gasteiger partial charge in [0.2, 0.25) is 5.69 Å². The number of rotatable bonds is 4. The predicted octanol–water partition coefficient (Wildman–Crippen LogP) is 1.95. The van der Waals surface area contributed by atoms with Crippen LogP contribution in [-0.4, -0.2) is 24.4 Å². The Morgan fingerprint density at radius 1 is 1.50 bits per heavy atom. The van der Waals surface area contributed by atoms with Gasteiger partial charge < -0.3 is 4.74 Å². The molecule has 0 bridgehead atoms. The quantitative estimate of drug-likeness (QED) is 0.536. The zero-order valence-electron chi connectivity index (χ0n) is 8.23. The SMILES string of the molecule is C=[N+](CC)c1ccccc1OCC#N. The number of hydrogen-bond acceptors (Lipinski definition) is 2. The van der Waals surface area contributed by atoms with Crippen LogP contribution in [0.1, 0.15) is 6.92 Å². The molecule has 0 N–H and O–H groups in total. The van der Waals surface area contributed by atoms with Gasteiger partial charge in [0.15, 0.2) is 12.4 Å². The van der Waals surface area contributed by atoms with Crippen molar-refractivity contribution in [1.82, 2.24) is 0 Å². The number of hydrogen-bond donors (Lipinski definition) is 0. The van der Waals surface area contributed by atoms with Crippen molar-refractivity contribution in [1.29, 1.82) is 5.26 Å². The maximum atomic E-state index is 8.41. The molecule has 0 aliphatic carbocycles. The van der Waals surface area contributed by atoms with Gasteiger partial charge in [-0.2, -0.15) is 5.26 Å². The average Bonchev–Trinajstić information content (AvgIpc) is 2.25. The molecule has 14 heavy (non-hydrogen) atoms. The summed E-state index contributed by atoms with van der Waals surface area (Å²) in [4.78, 5) is 0. The van der Waals surface area contributed by atoms with Crippen LogP contribution in [0.15, 0.2) is 24.3 Å². The molecule has 0 aliphatic rings. The zero-order valence-corrected chi connectivity index (χ0v) is 8.23. The molecule has 0 radical (unpaired) electrons. The lowest BCUT2D eigenvalue weighted by molar-refractivity contribution is -0.427. The van der Waals surface area contributed by atoms with E-state index in [2.05, 4.69) is 6.72 Å². The van der Waals surface area contributed by atoms with Gasteiger partial charge in [-0.3, -0.25) is 0 Å². The number of para-hydroxylation sites is 2. The highest BCUT2D eigenvalue weighted by Gasteiger charge is 2.10. The molecule has 0 heterocycles. The molecule has 1 aromatic rings. The maximum absolute atomic E-state index is 8.41. The van der Waals surface area contributed by atoms with Crippen LogP contribution in [0.2, 0.25) is 0 Å². The molecule has 1 rings (SSSR count). The minimum atomic E-state index is 0.0641. The third-order valence-corrected chi connectivity index (χ3v) is 1.88. The number of ether oxygens (including phenoxy) is 1. The summed E-state index contributed by atoms with van der Waals surface area (Å²) >= 11 is 0. The summed E-state index contributed by atoms with van der Waals surface area (Å²) in [5.41, 5.74) is 0.908. The van der Waals surface area contributed by atoms with Gasteiger partial charge in [-0.15, -0.1) is 0 Å². The second-order valence-electron chi connectivity index (χ2n) is 2.77. The molecular formula is C11H13N2O+. The highest BCUT2D eigenvalue weighted by atomic mass is 16.5.